The van der Waals surface area contributed by atoms with Gasteiger partial charge in [0.05, 0.1) is 6.54 Å². The van der Waals surface area contributed by atoms with Crippen molar-refractivity contribution in [3.05, 3.63) is 35.5 Å². The second kappa shape index (κ2) is 5.27. The molecule has 0 bridgehead atoms. The van der Waals surface area contributed by atoms with Crippen molar-refractivity contribution in [1.82, 2.24) is 15.5 Å². The summed E-state index contributed by atoms with van der Waals surface area (Å²) < 4.78 is 16.1. The van der Waals surface area contributed by atoms with Crippen LogP contribution in [-0.2, 0) is 13.1 Å². The maximum atomic E-state index is 5.65. The van der Waals surface area contributed by atoms with Crippen LogP contribution < -0.4 is 14.8 Å². The Morgan fingerprint density at radius 1 is 1.21 bits per heavy atom. The molecule has 19 heavy (non-hydrogen) atoms. The number of hydrogen-bond donors (Lipinski definition) is 1. The van der Waals surface area contributed by atoms with Crippen molar-refractivity contribution in [3.8, 4) is 11.5 Å². The molecule has 6 nitrogen and oxygen atoms in total. The molecule has 0 unspecified atom stereocenters. The Hall–Kier alpha value is -2.08. The zero-order valence-electron chi connectivity index (χ0n) is 10.7. The van der Waals surface area contributed by atoms with E-state index in [4.69, 9.17) is 14.0 Å². The SMILES string of the molecule is Cc1nc(CNCc2cccc3c2OCCO3)no1. The Bertz CT molecular complexity index is 568. The zero-order chi connectivity index (χ0) is 13.1. The van der Waals surface area contributed by atoms with Crippen LogP contribution in [0.4, 0.5) is 0 Å². The predicted octanol–water partition coefficient (Wildman–Crippen LogP) is 1.44. The number of benzene rings is 1. The van der Waals surface area contributed by atoms with Gasteiger partial charge in [0, 0.05) is 19.0 Å². The Morgan fingerprint density at radius 2 is 2.11 bits per heavy atom. The van der Waals surface area contributed by atoms with E-state index in [1.807, 2.05) is 18.2 Å². The fourth-order valence-corrected chi connectivity index (χ4v) is 2.00. The summed E-state index contributed by atoms with van der Waals surface area (Å²) in [5, 5.41) is 7.09. The Kier molecular flexibility index (Phi) is 3.33. The maximum Gasteiger partial charge on any atom is 0.223 e. The summed E-state index contributed by atoms with van der Waals surface area (Å²) in [5.74, 6) is 2.86. The van der Waals surface area contributed by atoms with Gasteiger partial charge in [-0.25, -0.2) is 0 Å². The van der Waals surface area contributed by atoms with Crippen LogP contribution >= 0.6 is 0 Å². The van der Waals surface area contributed by atoms with Crippen LogP contribution in [0, 0.1) is 6.92 Å². The number of hydrogen-bond acceptors (Lipinski definition) is 6. The molecule has 1 aliphatic heterocycles. The number of para-hydroxylation sites is 1. The van der Waals surface area contributed by atoms with Crippen molar-refractivity contribution in [1.29, 1.82) is 0 Å². The molecule has 100 valence electrons. The lowest BCUT2D eigenvalue weighted by molar-refractivity contribution is 0.169. The summed E-state index contributed by atoms with van der Waals surface area (Å²) in [5.41, 5.74) is 1.07. The van der Waals surface area contributed by atoms with Gasteiger partial charge in [-0.15, -0.1) is 0 Å². The second-order valence-corrected chi connectivity index (χ2v) is 4.27. The van der Waals surface area contributed by atoms with Gasteiger partial charge in [0.15, 0.2) is 17.3 Å². The first-order valence-electron chi connectivity index (χ1n) is 6.20. The molecule has 0 spiro atoms. The van der Waals surface area contributed by atoms with Gasteiger partial charge >= 0.3 is 0 Å². The highest BCUT2D eigenvalue weighted by Gasteiger charge is 2.15. The van der Waals surface area contributed by atoms with Gasteiger partial charge in [-0.05, 0) is 6.07 Å². The number of fused-ring (bicyclic) bond motifs is 1. The quantitative estimate of drug-likeness (QED) is 0.898. The van der Waals surface area contributed by atoms with Crippen molar-refractivity contribution in [2.75, 3.05) is 13.2 Å². The first-order valence-corrected chi connectivity index (χ1v) is 6.20. The summed E-state index contributed by atoms with van der Waals surface area (Å²) in [7, 11) is 0. The summed E-state index contributed by atoms with van der Waals surface area (Å²) in [6, 6.07) is 5.89. The van der Waals surface area contributed by atoms with Crippen LogP contribution in [0.2, 0.25) is 0 Å². The lowest BCUT2D eigenvalue weighted by atomic mass is 10.1. The summed E-state index contributed by atoms with van der Waals surface area (Å²) in [4.78, 5) is 4.13. The maximum absolute atomic E-state index is 5.65. The standard InChI is InChI=1S/C13H15N3O3/c1-9-15-12(16-19-9)8-14-7-10-3-2-4-11-13(10)18-6-5-17-11/h2-4,14H,5-8H2,1H3. The average molecular weight is 261 g/mol. The van der Waals surface area contributed by atoms with Gasteiger partial charge in [0.2, 0.25) is 5.89 Å². The van der Waals surface area contributed by atoms with Crippen LogP contribution in [0.15, 0.2) is 22.7 Å². The Morgan fingerprint density at radius 3 is 2.95 bits per heavy atom. The van der Waals surface area contributed by atoms with Crippen molar-refractivity contribution in [2.24, 2.45) is 0 Å². The number of nitrogens with zero attached hydrogens (tertiary/aromatic N) is 2. The molecule has 0 saturated heterocycles. The Labute approximate surface area is 110 Å². The third-order valence-corrected chi connectivity index (χ3v) is 2.82. The summed E-state index contributed by atoms with van der Waals surface area (Å²) in [6.45, 7) is 4.19. The molecule has 3 rings (SSSR count). The smallest absolute Gasteiger partial charge is 0.223 e. The van der Waals surface area contributed by atoms with E-state index in [2.05, 4.69) is 15.5 Å². The average Bonchev–Trinajstić information content (AvgIpc) is 2.85. The molecule has 6 heteroatoms. The topological polar surface area (TPSA) is 69.4 Å². The zero-order valence-corrected chi connectivity index (χ0v) is 10.7. The van der Waals surface area contributed by atoms with E-state index in [0.717, 1.165) is 17.1 Å². The van der Waals surface area contributed by atoms with Crippen LogP contribution in [0.1, 0.15) is 17.3 Å². The highest BCUT2D eigenvalue weighted by Crippen LogP contribution is 2.33. The van der Waals surface area contributed by atoms with E-state index in [-0.39, 0.29) is 0 Å². The molecule has 0 radical (unpaired) electrons. The van der Waals surface area contributed by atoms with Crippen LogP contribution in [0.3, 0.4) is 0 Å². The van der Waals surface area contributed by atoms with E-state index >= 15 is 0 Å². The van der Waals surface area contributed by atoms with Crippen molar-refractivity contribution >= 4 is 0 Å². The van der Waals surface area contributed by atoms with Gasteiger partial charge < -0.3 is 19.3 Å². The van der Waals surface area contributed by atoms with Crippen molar-refractivity contribution in [2.45, 2.75) is 20.0 Å². The number of aromatic nitrogens is 2. The molecular weight excluding hydrogens is 246 g/mol. The molecule has 0 amide bonds. The molecule has 1 aliphatic rings. The monoisotopic (exact) mass is 261 g/mol. The van der Waals surface area contributed by atoms with Gasteiger partial charge in [0.1, 0.15) is 13.2 Å². The Balaban J connectivity index is 1.64. The second-order valence-electron chi connectivity index (χ2n) is 4.27. The highest BCUT2D eigenvalue weighted by molar-refractivity contribution is 5.47. The minimum absolute atomic E-state index is 0.557. The molecule has 0 saturated carbocycles. The minimum atomic E-state index is 0.557. The fraction of sp³-hybridized carbons (Fsp3) is 0.385. The van der Waals surface area contributed by atoms with Crippen LogP contribution in [0.5, 0.6) is 11.5 Å². The third kappa shape index (κ3) is 2.68. The minimum Gasteiger partial charge on any atom is -0.486 e. The predicted molar refractivity (Wildman–Crippen MR) is 67.0 cm³/mol. The molecule has 2 heterocycles. The van der Waals surface area contributed by atoms with Gasteiger partial charge in [0.25, 0.3) is 0 Å². The molecule has 0 fully saturated rings. The van der Waals surface area contributed by atoms with E-state index in [1.165, 1.54) is 0 Å². The van der Waals surface area contributed by atoms with E-state index in [9.17, 15) is 0 Å². The normalized spacial score (nSPS) is 13.5. The molecule has 1 N–H and O–H groups in total. The van der Waals surface area contributed by atoms with E-state index < -0.39 is 0 Å². The third-order valence-electron chi connectivity index (χ3n) is 2.82. The molecule has 1 aromatic heterocycles. The lowest BCUT2D eigenvalue weighted by Gasteiger charge is -2.20. The van der Waals surface area contributed by atoms with E-state index in [0.29, 0.717) is 38.0 Å². The number of ether oxygens (including phenoxy) is 2. The molecule has 0 aliphatic carbocycles. The summed E-state index contributed by atoms with van der Waals surface area (Å²) in [6.07, 6.45) is 0. The van der Waals surface area contributed by atoms with Crippen LogP contribution in [0.25, 0.3) is 0 Å². The van der Waals surface area contributed by atoms with Crippen molar-refractivity contribution in [3.63, 3.8) is 0 Å². The first-order chi connectivity index (χ1) is 9.33. The van der Waals surface area contributed by atoms with E-state index in [1.54, 1.807) is 6.92 Å². The molecular formula is C13H15N3O3. The highest BCUT2D eigenvalue weighted by atomic mass is 16.6. The summed E-state index contributed by atoms with van der Waals surface area (Å²) >= 11 is 0. The van der Waals surface area contributed by atoms with Crippen LogP contribution in [-0.4, -0.2) is 23.4 Å². The fourth-order valence-electron chi connectivity index (χ4n) is 2.00. The van der Waals surface area contributed by atoms with Crippen molar-refractivity contribution < 1.29 is 14.0 Å². The molecule has 1 aromatic carbocycles. The number of nitrogens with one attached hydrogen (secondary N) is 1. The van der Waals surface area contributed by atoms with Gasteiger partial charge in [-0.2, -0.15) is 4.98 Å². The molecule has 2 aromatic rings. The van der Waals surface area contributed by atoms with Gasteiger partial charge in [-0.1, -0.05) is 17.3 Å². The number of rotatable bonds is 4. The number of aryl methyl sites for hydroxylation is 1. The lowest BCUT2D eigenvalue weighted by Crippen LogP contribution is -2.19. The van der Waals surface area contributed by atoms with Gasteiger partial charge in [-0.3, -0.25) is 0 Å². The first kappa shape index (κ1) is 12.0. The molecule has 0 atom stereocenters. The largest absolute Gasteiger partial charge is 0.486 e.